The fourth-order valence-electron chi connectivity index (χ4n) is 2.92. The molecule has 2 aromatic heterocycles. The van der Waals surface area contributed by atoms with E-state index in [0.29, 0.717) is 23.9 Å². The molecule has 3 N–H and O–H groups in total. The summed E-state index contributed by atoms with van der Waals surface area (Å²) in [5.74, 6) is 1.02. The van der Waals surface area contributed by atoms with E-state index in [1.807, 2.05) is 24.3 Å². The van der Waals surface area contributed by atoms with Crippen LogP contribution in [-0.4, -0.2) is 26.7 Å². The molecule has 4 aromatic rings. The van der Waals surface area contributed by atoms with Gasteiger partial charge in [-0.2, -0.15) is 9.50 Å². The van der Waals surface area contributed by atoms with Gasteiger partial charge >= 0.3 is 0 Å². The number of fused-ring (bicyclic) bond motifs is 1. The third-order valence-corrected chi connectivity index (χ3v) is 4.36. The zero-order valence-corrected chi connectivity index (χ0v) is 15.6. The molecule has 4 rings (SSSR count). The lowest BCUT2D eigenvalue weighted by atomic mass is 10.2. The van der Waals surface area contributed by atoms with Crippen LogP contribution in [0.15, 0.2) is 59.4 Å². The summed E-state index contributed by atoms with van der Waals surface area (Å²) in [6.45, 7) is 0.657. The Bertz CT molecular complexity index is 1200. The van der Waals surface area contributed by atoms with Gasteiger partial charge in [0.2, 0.25) is 5.95 Å². The lowest BCUT2D eigenvalue weighted by Crippen LogP contribution is -2.17. The van der Waals surface area contributed by atoms with Crippen LogP contribution in [0.1, 0.15) is 11.3 Å². The summed E-state index contributed by atoms with van der Waals surface area (Å²) in [4.78, 5) is 21.0. The molecule has 9 heteroatoms. The number of benzene rings is 2. The van der Waals surface area contributed by atoms with Gasteiger partial charge in [-0.3, -0.25) is 9.89 Å². The Morgan fingerprint density at radius 1 is 1.07 bits per heavy atom. The second-order valence-corrected chi connectivity index (χ2v) is 6.29. The van der Waals surface area contributed by atoms with E-state index in [1.165, 1.54) is 16.6 Å². The molecule has 8 nitrogen and oxygen atoms in total. The first-order valence-electron chi connectivity index (χ1n) is 8.97. The van der Waals surface area contributed by atoms with Crippen molar-refractivity contribution in [1.82, 2.24) is 19.6 Å². The number of H-pyrrole nitrogens is 1. The number of rotatable bonds is 7. The average Bonchev–Trinajstić information content (AvgIpc) is 3.15. The van der Waals surface area contributed by atoms with E-state index in [0.717, 1.165) is 11.3 Å². The van der Waals surface area contributed by atoms with Crippen molar-refractivity contribution in [3.8, 4) is 5.75 Å². The smallest absolute Gasteiger partial charge is 0.274 e. The number of anilines is 2. The van der Waals surface area contributed by atoms with Gasteiger partial charge < -0.3 is 15.4 Å². The molecule has 0 fully saturated rings. The van der Waals surface area contributed by atoms with E-state index in [9.17, 15) is 9.18 Å². The highest BCUT2D eigenvalue weighted by molar-refractivity contribution is 5.45. The van der Waals surface area contributed by atoms with Gasteiger partial charge in [-0.05, 0) is 18.2 Å². The maximum absolute atomic E-state index is 13.7. The van der Waals surface area contributed by atoms with E-state index in [4.69, 9.17) is 4.74 Å². The van der Waals surface area contributed by atoms with Crippen molar-refractivity contribution < 1.29 is 9.13 Å². The number of nitrogens with zero attached hydrogens (tertiary/aromatic N) is 3. The Kier molecular flexibility index (Phi) is 5.10. The predicted octanol–water partition coefficient (Wildman–Crippen LogP) is 2.79. The number of ether oxygens (including phenoxy) is 1. The Hall–Kier alpha value is -3.88. The highest BCUT2D eigenvalue weighted by Crippen LogP contribution is 2.18. The van der Waals surface area contributed by atoms with E-state index in [1.54, 1.807) is 25.3 Å². The molecule has 0 amide bonds. The lowest BCUT2D eigenvalue weighted by Gasteiger charge is -2.08. The second kappa shape index (κ2) is 8.01. The van der Waals surface area contributed by atoms with Crippen LogP contribution in [0.2, 0.25) is 0 Å². The number of aromatic amines is 1. The molecule has 0 aliphatic carbocycles. The summed E-state index contributed by atoms with van der Waals surface area (Å²) in [6, 6.07) is 15.3. The zero-order valence-electron chi connectivity index (χ0n) is 15.6. The van der Waals surface area contributed by atoms with Crippen LogP contribution in [0, 0.1) is 5.82 Å². The predicted molar refractivity (Wildman–Crippen MR) is 108 cm³/mol. The van der Waals surface area contributed by atoms with Crippen molar-refractivity contribution in [1.29, 1.82) is 0 Å². The molecule has 0 unspecified atom stereocenters. The molecule has 0 atom stereocenters. The van der Waals surface area contributed by atoms with Crippen molar-refractivity contribution in [3.05, 3.63) is 82.0 Å². The number of aromatic nitrogens is 4. The Morgan fingerprint density at radius 3 is 2.69 bits per heavy atom. The van der Waals surface area contributed by atoms with Crippen LogP contribution in [0.3, 0.4) is 0 Å². The molecule has 0 bridgehead atoms. The largest absolute Gasteiger partial charge is 0.496 e. The topological polar surface area (TPSA) is 96.3 Å². The van der Waals surface area contributed by atoms with Crippen LogP contribution in [0.4, 0.5) is 16.0 Å². The minimum atomic E-state index is -0.368. The van der Waals surface area contributed by atoms with Crippen LogP contribution < -0.4 is 20.9 Å². The quantitative estimate of drug-likeness (QED) is 0.446. The third-order valence-electron chi connectivity index (χ3n) is 4.36. The molecule has 2 aromatic carbocycles. The van der Waals surface area contributed by atoms with Crippen molar-refractivity contribution in [2.24, 2.45) is 0 Å². The molecular weight excluding hydrogens is 375 g/mol. The molecule has 148 valence electrons. The van der Waals surface area contributed by atoms with Crippen molar-refractivity contribution in [3.63, 3.8) is 0 Å². The van der Waals surface area contributed by atoms with Gasteiger partial charge in [0.15, 0.2) is 0 Å². The van der Waals surface area contributed by atoms with Gasteiger partial charge in [0, 0.05) is 18.2 Å². The summed E-state index contributed by atoms with van der Waals surface area (Å²) >= 11 is 0. The molecule has 0 aliphatic rings. The van der Waals surface area contributed by atoms with Crippen molar-refractivity contribution in [2.75, 3.05) is 17.7 Å². The monoisotopic (exact) mass is 394 g/mol. The number of para-hydroxylation sites is 2. The van der Waals surface area contributed by atoms with Crippen LogP contribution >= 0.6 is 0 Å². The molecule has 0 saturated heterocycles. The standard InChI is InChI=1S/C20H19FN6O2/c1-29-17-9-5-2-6-13(17)11-23-19-25-20-24-14(10-18(28)27(20)26-19)12-22-16-8-4-3-7-15(16)21/h2-10,22H,11-12H2,1H3,(H2,23,24,25,26). The normalized spacial score (nSPS) is 10.8. The number of hydrogen-bond acceptors (Lipinski definition) is 6. The van der Waals surface area contributed by atoms with Gasteiger partial charge in [0.25, 0.3) is 11.3 Å². The molecule has 0 spiro atoms. The molecule has 29 heavy (non-hydrogen) atoms. The number of halogens is 1. The van der Waals surface area contributed by atoms with Gasteiger partial charge in [-0.15, -0.1) is 0 Å². The van der Waals surface area contributed by atoms with E-state index in [-0.39, 0.29) is 23.7 Å². The maximum Gasteiger partial charge on any atom is 0.274 e. The lowest BCUT2D eigenvalue weighted by molar-refractivity contribution is 0.410. The van der Waals surface area contributed by atoms with Crippen LogP contribution in [-0.2, 0) is 13.1 Å². The SMILES string of the molecule is COc1ccccc1CNc1nc2nc(CNc3ccccc3F)cc(=O)n2[nH]1. The van der Waals surface area contributed by atoms with Crippen LogP contribution in [0.25, 0.3) is 5.78 Å². The Balaban J connectivity index is 1.51. The Labute approximate surface area is 165 Å². The fourth-order valence-corrected chi connectivity index (χ4v) is 2.92. The Morgan fingerprint density at radius 2 is 1.86 bits per heavy atom. The minimum Gasteiger partial charge on any atom is -0.496 e. The first-order chi connectivity index (χ1) is 14.1. The zero-order chi connectivity index (χ0) is 20.2. The van der Waals surface area contributed by atoms with Crippen molar-refractivity contribution in [2.45, 2.75) is 13.1 Å². The first kappa shape index (κ1) is 18.5. The summed E-state index contributed by atoms with van der Waals surface area (Å²) in [6.07, 6.45) is 0. The van der Waals surface area contributed by atoms with Crippen LogP contribution in [0.5, 0.6) is 5.75 Å². The van der Waals surface area contributed by atoms with E-state index >= 15 is 0 Å². The van der Waals surface area contributed by atoms with Gasteiger partial charge in [-0.25, -0.2) is 9.37 Å². The fraction of sp³-hybridized carbons (Fsp3) is 0.150. The number of nitrogens with one attached hydrogen (secondary N) is 3. The molecular formula is C20H19FN6O2. The molecule has 0 aliphatic heterocycles. The number of methoxy groups -OCH3 is 1. The third kappa shape index (κ3) is 4.03. The van der Waals surface area contributed by atoms with Crippen molar-refractivity contribution >= 4 is 17.4 Å². The first-order valence-corrected chi connectivity index (χ1v) is 8.97. The highest BCUT2D eigenvalue weighted by atomic mass is 19.1. The summed E-state index contributed by atoms with van der Waals surface area (Å²) < 4.78 is 20.3. The van der Waals surface area contributed by atoms with E-state index in [2.05, 4.69) is 25.7 Å². The average molecular weight is 394 g/mol. The van der Waals surface area contributed by atoms with E-state index < -0.39 is 0 Å². The summed E-state index contributed by atoms with van der Waals surface area (Å²) in [5, 5.41) is 8.94. The molecule has 0 radical (unpaired) electrons. The van der Waals surface area contributed by atoms with Gasteiger partial charge in [0.05, 0.1) is 25.0 Å². The van der Waals surface area contributed by atoms with Gasteiger partial charge in [-0.1, -0.05) is 30.3 Å². The summed E-state index contributed by atoms with van der Waals surface area (Å²) in [5.41, 5.74) is 1.44. The number of hydrogen-bond donors (Lipinski definition) is 3. The van der Waals surface area contributed by atoms with Gasteiger partial charge in [0.1, 0.15) is 11.6 Å². The maximum atomic E-state index is 13.7. The molecule has 2 heterocycles. The molecule has 0 saturated carbocycles. The highest BCUT2D eigenvalue weighted by Gasteiger charge is 2.10. The second-order valence-electron chi connectivity index (χ2n) is 6.29. The summed E-state index contributed by atoms with van der Waals surface area (Å²) in [7, 11) is 1.61. The minimum absolute atomic E-state index is 0.198.